The van der Waals surface area contributed by atoms with Crippen molar-refractivity contribution in [2.24, 2.45) is 0 Å². The van der Waals surface area contributed by atoms with Gasteiger partial charge >= 0.3 is 0 Å². The van der Waals surface area contributed by atoms with Crippen LogP contribution in [0.1, 0.15) is 5.56 Å². The minimum atomic E-state index is -1.13. The fraction of sp³-hybridized carbons (Fsp3) is 0.167. The summed E-state index contributed by atoms with van der Waals surface area (Å²) in [7, 11) is 1.82. The van der Waals surface area contributed by atoms with Gasteiger partial charge in [-0.05, 0) is 6.92 Å². The van der Waals surface area contributed by atoms with Crippen molar-refractivity contribution in [1.29, 1.82) is 0 Å². The second-order valence-corrected chi connectivity index (χ2v) is 2.62. The molecule has 0 aliphatic carbocycles. The highest BCUT2D eigenvalue weighted by Gasteiger charge is 2.13. The van der Waals surface area contributed by atoms with E-state index >= 15 is 0 Å². The van der Waals surface area contributed by atoms with Gasteiger partial charge in [-0.25, -0.2) is 4.39 Å². The zero-order chi connectivity index (χ0) is 8.59. The number of pyridine rings is 1. The van der Waals surface area contributed by atoms with Gasteiger partial charge in [0.15, 0.2) is 0 Å². The summed E-state index contributed by atoms with van der Waals surface area (Å²) in [6.45, 7) is 1.20. The summed E-state index contributed by atoms with van der Waals surface area (Å²) >= 11 is 0. The first kappa shape index (κ1) is 8.47. The smallest absolute Gasteiger partial charge is 0.206 e. The number of rotatable bonds is 0. The lowest BCUT2D eigenvalue weighted by Gasteiger charge is -2.00. The van der Waals surface area contributed by atoms with Crippen LogP contribution in [-0.2, 0) is 0 Å². The molecule has 1 aromatic rings. The van der Waals surface area contributed by atoms with Gasteiger partial charge in [-0.15, -0.1) is 0 Å². The Hall–Kier alpha value is -0.630. The third-order valence-electron chi connectivity index (χ3n) is 1.29. The van der Waals surface area contributed by atoms with Crippen LogP contribution in [0.4, 0.5) is 13.2 Å². The van der Waals surface area contributed by atoms with Gasteiger partial charge < -0.3 is 0 Å². The number of nitrogens with zero attached hydrogens (tertiary/aromatic N) is 1. The lowest BCUT2D eigenvalue weighted by atomic mass is 10.3. The van der Waals surface area contributed by atoms with Crippen molar-refractivity contribution in [3.05, 3.63) is 23.3 Å². The van der Waals surface area contributed by atoms with Crippen LogP contribution in [0, 0.1) is 24.6 Å². The van der Waals surface area contributed by atoms with E-state index in [4.69, 9.17) is 0 Å². The fourth-order valence-corrected chi connectivity index (χ4v) is 0.894. The fourth-order valence-electron chi connectivity index (χ4n) is 0.613. The Balaban J connectivity index is 3.46. The molecular formula is C6H5F3NP. The molecule has 0 fully saturated rings. The Labute approximate surface area is 63.8 Å². The molecule has 5 heteroatoms. The topological polar surface area (TPSA) is 12.9 Å². The van der Waals surface area contributed by atoms with Crippen LogP contribution in [0.3, 0.4) is 0 Å². The van der Waals surface area contributed by atoms with Crippen LogP contribution >= 0.6 is 9.24 Å². The Morgan fingerprint density at radius 3 is 2.27 bits per heavy atom. The standard InChI is InChI=1S/C6H5F3NP/c1-2-3(7)4(11)6(9)10-5(2)8/h11H2,1H3. The zero-order valence-electron chi connectivity index (χ0n) is 5.66. The molecule has 0 aromatic carbocycles. The second kappa shape index (κ2) is 2.78. The number of halogens is 3. The van der Waals surface area contributed by atoms with Crippen LogP contribution in [-0.4, -0.2) is 4.98 Å². The van der Waals surface area contributed by atoms with E-state index < -0.39 is 17.7 Å². The highest BCUT2D eigenvalue weighted by Crippen LogP contribution is 2.10. The predicted octanol–water partition coefficient (Wildman–Crippen LogP) is 1.31. The third kappa shape index (κ3) is 1.36. The summed E-state index contributed by atoms with van der Waals surface area (Å²) in [5, 5.41) is -0.330. The van der Waals surface area contributed by atoms with E-state index in [1.54, 1.807) is 0 Å². The zero-order valence-corrected chi connectivity index (χ0v) is 6.81. The molecule has 1 atom stereocenters. The summed E-state index contributed by atoms with van der Waals surface area (Å²) in [6, 6.07) is 0. The number of aromatic nitrogens is 1. The molecule has 1 heterocycles. The first-order chi connectivity index (χ1) is 5.04. The molecule has 0 aliphatic rings. The largest absolute Gasteiger partial charge is 0.225 e. The van der Waals surface area contributed by atoms with Crippen LogP contribution < -0.4 is 5.30 Å². The predicted molar refractivity (Wildman–Crippen MR) is 38.2 cm³/mol. The SMILES string of the molecule is Cc1c(F)nc(F)c(P)c1F. The van der Waals surface area contributed by atoms with Gasteiger partial charge in [0.2, 0.25) is 11.9 Å². The van der Waals surface area contributed by atoms with Crippen LogP contribution in [0.5, 0.6) is 0 Å². The Morgan fingerprint density at radius 1 is 1.18 bits per heavy atom. The number of hydrogen-bond donors (Lipinski definition) is 0. The molecule has 1 aromatic heterocycles. The Kier molecular flexibility index (Phi) is 2.14. The molecule has 0 spiro atoms. The monoisotopic (exact) mass is 179 g/mol. The quantitative estimate of drug-likeness (QED) is 0.432. The van der Waals surface area contributed by atoms with Crippen molar-refractivity contribution in [3.63, 3.8) is 0 Å². The van der Waals surface area contributed by atoms with Crippen molar-refractivity contribution >= 4 is 14.5 Å². The van der Waals surface area contributed by atoms with Gasteiger partial charge in [-0.1, -0.05) is 9.24 Å². The molecule has 11 heavy (non-hydrogen) atoms. The highest BCUT2D eigenvalue weighted by atomic mass is 31.0. The molecule has 0 saturated carbocycles. The normalized spacial score (nSPS) is 10.3. The Bertz CT molecular complexity index is 274. The van der Waals surface area contributed by atoms with Crippen molar-refractivity contribution in [2.75, 3.05) is 0 Å². The summed E-state index contributed by atoms with van der Waals surface area (Å²) in [5.74, 6) is -3.14. The van der Waals surface area contributed by atoms with Gasteiger partial charge in [0.05, 0.1) is 5.30 Å². The summed E-state index contributed by atoms with van der Waals surface area (Å²) in [4.78, 5) is 2.84. The molecule has 0 N–H and O–H groups in total. The maximum Gasteiger partial charge on any atom is 0.225 e. The molecule has 0 aliphatic heterocycles. The van der Waals surface area contributed by atoms with E-state index in [2.05, 4.69) is 4.98 Å². The molecular weight excluding hydrogens is 174 g/mol. The molecule has 0 bridgehead atoms. The van der Waals surface area contributed by atoms with E-state index in [9.17, 15) is 13.2 Å². The summed E-state index contributed by atoms with van der Waals surface area (Å²) in [5.41, 5.74) is -0.267. The lowest BCUT2D eigenvalue weighted by Crippen LogP contribution is -2.12. The first-order valence-corrected chi connectivity index (χ1v) is 3.38. The van der Waals surface area contributed by atoms with Gasteiger partial charge in [0.25, 0.3) is 0 Å². The van der Waals surface area contributed by atoms with Crippen molar-refractivity contribution in [2.45, 2.75) is 6.92 Å². The van der Waals surface area contributed by atoms with Crippen LogP contribution in [0.25, 0.3) is 0 Å². The first-order valence-electron chi connectivity index (χ1n) is 2.80. The molecule has 1 unspecified atom stereocenters. The van der Waals surface area contributed by atoms with Crippen LogP contribution in [0.2, 0.25) is 0 Å². The molecule has 0 saturated heterocycles. The van der Waals surface area contributed by atoms with Gasteiger partial charge in [-0.3, -0.25) is 0 Å². The molecule has 60 valence electrons. The van der Waals surface area contributed by atoms with E-state index in [0.29, 0.717) is 0 Å². The minimum Gasteiger partial charge on any atom is -0.206 e. The van der Waals surface area contributed by atoms with Gasteiger partial charge in [0, 0.05) is 5.56 Å². The van der Waals surface area contributed by atoms with Crippen molar-refractivity contribution in [1.82, 2.24) is 4.98 Å². The summed E-state index contributed by atoms with van der Waals surface area (Å²) < 4.78 is 37.5. The molecule has 1 nitrogen and oxygen atoms in total. The van der Waals surface area contributed by atoms with Crippen molar-refractivity contribution in [3.8, 4) is 0 Å². The van der Waals surface area contributed by atoms with E-state index in [1.807, 2.05) is 9.24 Å². The van der Waals surface area contributed by atoms with Crippen molar-refractivity contribution < 1.29 is 13.2 Å². The maximum absolute atomic E-state index is 12.7. The van der Waals surface area contributed by atoms with E-state index in [1.165, 1.54) is 6.92 Å². The molecule has 1 rings (SSSR count). The average molecular weight is 179 g/mol. The minimum absolute atomic E-state index is 0.267. The van der Waals surface area contributed by atoms with E-state index in [0.717, 1.165) is 0 Å². The second-order valence-electron chi connectivity index (χ2n) is 2.05. The number of hydrogen-bond acceptors (Lipinski definition) is 1. The average Bonchev–Trinajstić information content (AvgIpc) is 1.97. The highest BCUT2D eigenvalue weighted by molar-refractivity contribution is 7.27. The van der Waals surface area contributed by atoms with Gasteiger partial charge in [0.1, 0.15) is 5.82 Å². The van der Waals surface area contributed by atoms with Gasteiger partial charge in [-0.2, -0.15) is 13.8 Å². The van der Waals surface area contributed by atoms with Crippen LogP contribution in [0.15, 0.2) is 0 Å². The third-order valence-corrected chi connectivity index (χ3v) is 1.79. The molecule has 0 amide bonds. The maximum atomic E-state index is 12.7. The summed E-state index contributed by atoms with van der Waals surface area (Å²) in [6.07, 6.45) is 0. The van der Waals surface area contributed by atoms with E-state index in [-0.39, 0.29) is 10.9 Å². The Morgan fingerprint density at radius 2 is 1.73 bits per heavy atom. The lowest BCUT2D eigenvalue weighted by molar-refractivity contribution is 0.488. The molecule has 0 radical (unpaired) electrons.